The average molecular weight is 337 g/mol. The first kappa shape index (κ1) is 22.6. The van der Waals surface area contributed by atoms with Gasteiger partial charge in [-0.2, -0.15) is 0 Å². The van der Waals surface area contributed by atoms with Gasteiger partial charge in [-0.15, -0.1) is 0 Å². The molecule has 2 atom stereocenters. The third kappa shape index (κ3) is 13.1. The SMILES string of the molecule is CC/C=C/[C@@H](CCC(=O)OCC)[C@@H](O)/C=C/C=C\CCCCCC. The molecule has 0 aliphatic rings. The topological polar surface area (TPSA) is 46.5 Å². The number of carbonyl (C=O) groups is 1. The summed E-state index contributed by atoms with van der Waals surface area (Å²) in [6.45, 7) is 6.48. The van der Waals surface area contributed by atoms with Gasteiger partial charge in [0, 0.05) is 12.3 Å². The van der Waals surface area contributed by atoms with E-state index in [-0.39, 0.29) is 11.9 Å². The van der Waals surface area contributed by atoms with Crippen molar-refractivity contribution in [3.05, 3.63) is 36.5 Å². The number of allylic oxidation sites excluding steroid dienone is 4. The van der Waals surface area contributed by atoms with Crippen LogP contribution in [-0.2, 0) is 9.53 Å². The molecule has 0 aliphatic heterocycles. The Labute approximate surface area is 148 Å². The van der Waals surface area contributed by atoms with Crippen LogP contribution in [-0.4, -0.2) is 23.8 Å². The molecule has 0 aliphatic carbocycles. The van der Waals surface area contributed by atoms with E-state index in [1.54, 1.807) is 13.0 Å². The van der Waals surface area contributed by atoms with Crippen LogP contribution in [0.25, 0.3) is 0 Å². The Morgan fingerprint density at radius 3 is 2.50 bits per heavy atom. The molecule has 0 aromatic heterocycles. The number of esters is 1. The number of rotatable bonds is 14. The molecule has 3 nitrogen and oxygen atoms in total. The van der Waals surface area contributed by atoms with E-state index < -0.39 is 6.10 Å². The molecule has 0 aromatic carbocycles. The molecule has 3 heteroatoms. The van der Waals surface area contributed by atoms with Crippen LogP contribution in [0.1, 0.15) is 72.1 Å². The second-order valence-electron chi connectivity index (χ2n) is 6.00. The molecule has 0 spiro atoms. The van der Waals surface area contributed by atoms with Crippen molar-refractivity contribution in [3.8, 4) is 0 Å². The molecular weight excluding hydrogens is 300 g/mol. The monoisotopic (exact) mass is 336 g/mol. The number of ether oxygens (including phenoxy) is 1. The molecular formula is C21H36O3. The van der Waals surface area contributed by atoms with E-state index in [2.05, 4.69) is 19.9 Å². The third-order valence-corrected chi connectivity index (χ3v) is 3.82. The molecule has 0 unspecified atom stereocenters. The van der Waals surface area contributed by atoms with Gasteiger partial charge < -0.3 is 9.84 Å². The van der Waals surface area contributed by atoms with Gasteiger partial charge in [-0.25, -0.2) is 0 Å². The summed E-state index contributed by atoms with van der Waals surface area (Å²) in [4.78, 5) is 11.5. The summed E-state index contributed by atoms with van der Waals surface area (Å²) in [5.74, 6) is -0.251. The van der Waals surface area contributed by atoms with E-state index in [1.165, 1.54) is 25.7 Å². The summed E-state index contributed by atoms with van der Waals surface area (Å²) in [5.41, 5.74) is 0. The van der Waals surface area contributed by atoms with Crippen LogP contribution < -0.4 is 0 Å². The van der Waals surface area contributed by atoms with Crippen molar-refractivity contribution >= 4 is 5.97 Å². The summed E-state index contributed by atoms with van der Waals surface area (Å²) in [5, 5.41) is 10.3. The smallest absolute Gasteiger partial charge is 0.305 e. The molecule has 0 saturated carbocycles. The maximum absolute atomic E-state index is 11.5. The number of unbranched alkanes of at least 4 members (excludes halogenated alkanes) is 4. The zero-order chi connectivity index (χ0) is 18.0. The van der Waals surface area contributed by atoms with Crippen molar-refractivity contribution in [1.82, 2.24) is 0 Å². The van der Waals surface area contributed by atoms with Gasteiger partial charge in [-0.3, -0.25) is 4.79 Å². The number of hydrogen-bond donors (Lipinski definition) is 1. The third-order valence-electron chi connectivity index (χ3n) is 3.82. The van der Waals surface area contributed by atoms with Crippen molar-refractivity contribution in [3.63, 3.8) is 0 Å². The lowest BCUT2D eigenvalue weighted by atomic mass is 9.95. The lowest BCUT2D eigenvalue weighted by Gasteiger charge is -2.16. The van der Waals surface area contributed by atoms with Crippen LogP contribution >= 0.6 is 0 Å². The van der Waals surface area contributed by atoms with Crippen molar-refractivity contribution in [2.45, 2.75) is 78.2 Å². The standard InChI is InChI=1S/C21H36O3/c1-4-7-9-10-11-12-13-14-16-20(22)19(15-8-5-2)17-18-21(23)24-6-3/h8,12-16,19-20,22H,4-7,9-11,17-18H2,1-3H3/b13-12-,15-8+,16-14+/t19-,20-/m0/s1. The molecule has 1 N–H and O–H groups in total. The maximum Gasteiger partial charge on any atom is 0.305 e. The van der Waals surface area contributed by atoms with E-state index in [0.29, 0.717) is 19.4 Å². The highest BCUT2D eigenvalue weighted by Gasteiger charge is 2.15. The van der Waals surface area contributed by atoms with Crippen molar-refractivity contribution in [2.75, 3.05) is 6.61 Å². The first-order chi connectivity index (χ1) is 11.7. The fourth-order valence-corrected chi connectivity index (χ4v) is 2.39. The largest absolute Gasteiger partial charge is 0.466 e. The lowest BCUT2D eigenvalue weighted by molar-refractivity contribution is -0.143. The summed E-state index contributed by atoms with van der Waals surface area (Å²) in [7, 11) is 0. The van der Waals surface area contributed by atoms with E-state index in [9.17, 15) is 9.90 Å². The van der Waals surface area contributed by atoms with Gasteiger partial charge in [-0.1, -0.05) is 69.6 Å². The Hall–Kier alpha value is -1.35. The number of hydrogen-bond acceptors (Lipinski definition) is 3. The van der Waals surface area contributed by atoms with Crippen molar-refractivity contribution < 1.29 is 14.6 Å². The summed E-state index contributed by atoms with van der Waals surface area (Å²) in [6.07, 6.45) is 19.3. The minimum absolute atomic E-state index is 0.0523. The van der Waals surface area contributed by atoms with Gasteiger partial charge in [0.15, 0.2) is 0 Å². The molecule has 0 fully saturated rings. The maximum atomic E-state index is 11.5. The van der Waals surface area contributed by atoms with E-state index in [1.807, 2.05) is 24.3 Å². The highest BCUT2D eigenvalue weighted by Crippen LogP contribution is 2.16. The van der Waals surface area contributed by atoms with E-state index in [0.717, 1.165) is 12.8 Å². The van der Waals surface area contributed by atoms with Gasteiger partial charge in [0.2, 0.25) is 0 Å². The normalized spacial score (nSPS) is 14.7. The average Bonchev–Trinajstić information content (AvgIpc) is 2.57. The van der Waals surface area contributed by atoms with Crippen LogP contribution in [0.4, 0.5) is 0 Å². The molecule has 0 rings (SSSR count). The van der Waals surface area contributed by atoms with Crippen LogP contribution in [0, 0.1) is 5.92 Å². The van der Waals surface area contributed by atoms with Gasteiger partial charge in [-0.05, 0) is 32.6 Å². The van der Waals surface area contributed by atoms with Crippen LogP contribution in [0.2, 0.25) is 0 Å². The second-order valence-corrected chi connectivity index (χ2v) is 6.00. The molecule has 138 valence electrons. The molecule has 0 saturated heterocycles. The fourth-order valence-electron chi connectivity index (χ4n) is 2.39. The number of aliphatic hydroxyl groups is 1. The molecule has 24 heavy (non-hydrogen) atoms. The van der Waals surface area contributed by atoms with Gasteiger partial charge in [0.1, 0.15) is 0 Å². The summed E-state index contributed by atoms with van der Waals surface area (Å²) >= 11 is 0. The van der Waals surface area contributed by atoms with Crippen molar-refractivity contribution in [2.24, 2.45) is 5.92 Å². The molecule has 0 aromatic rings. The highest BCUT2D eigenvalue weighted by atomic mass is 16.5. The Morgan fingerprint density at radius 2 is 1.83 bits per heavy atom. The lowest BCUT2D eigenvalue weighted by Crippen LogP contribution is -2.18. The Balaban J connectivity index is 4.29. The minimum atomic E-state index is -0.577. The fraction of sp³-hybridized carbons (Fsp3) is 0.667. The van der Waals surface area contributed by atoms with Crippen LogP contribution in [0.5, 0.6) is 0 Å². The summed E-state index contributed by atoms with van der Waals surface area (Å²) in [6, 6.07) is 0. The Kier molecular flexibility index (Phi) is 15.6. The van der Waals surface area contributed by atoms with Crippen LogP contribution in [0.3, 0.4) is 0 Å². The number of aliphatic hydroxyl groups excluding tert-OH is 1. The van der Waals surface area contributed by atoms with Gasteiger partial charge in [0.05, 0.1) is 12.7 Å². The van der Waals surface area contributed by atoms with E-state index >= 15 is 0 Å². The Bertz CT molecular complexity index is 383. The van der Waals surface area contributed by atoms with Gasteiger partial charge in [0.25, 0.3) is 0 Å². The van der Waals surface area contributed by atoms with Gasteiger partial charge >= 0.3 is 5.97 Å². The highest BCUT2D eigenvalue weighted by molar-refractivity contribution is 5.69. The quantitative estimate of drug-likeness (QED) is 0.201. The van der Waals surface area contributed by atoms with Crippen LogP contribution in [0.15, 0.2) is 36.5 Å². The Morgan fingerprint density at radius 1 is 1.04 bits per heavy atom. The first-order valence-corrected chi connectivity index (χ1v) is 9.49. The predicted octanol–water partition coefficient (Wildman–Crippen LogP) is 5.36. The zero-order valence-electron chi connectivity index (χ0n) is 15.7. The minimum Gasteiger partial charge on any atom is -0.466 e. The number of carbonyl (C=O) groups excluding carboxylic acids is 1. The second kappa shape index (κ2) is 16.5. The van der Waals surface area contributed by atoms with Crippen molar-refractivity contribution in [1.29, 1.82) is 0 Å². The molecule has 0 radical (unpaired) electrons. The predicted molar refractivity (Wildman–Crippen MR) is 102 cm³/mol. The molecule has 0 bridgehead atoms. The summed E-state index contributed by atoms with van der Waals surface area (Å²) < 4.78 is 4.96. The molecule has 0 heterocycles. The first-order valence-electron chi connectivity index (χ1n) is 9.49. The van der Waals surface area contributed by atoms with E-state index in [4.69, 9.17) is 4.74 Å². The zero-order valence-corrected chi connectivity index (χ0v) is 15.7. The molecule has 0 amide bonds.